The molecular formula is C23H23F3N4O3S. The van der Waals surface area contributed by atoms with Crippen LogP contribution >= 0.6 is 11.3 Å². The molecule has 1 fully saturated rings. The molecule has 2 aromatic heterocycles. The van der Waals surface area contributed by atoms with Gasteiger partial charge in [0, 0.05) is 46.8 Å². The van der Waals surface area contributed by atoms with Gasteiger partial charge in [0.15, 0.2) is 0 Å². The standard InChI is InChI=1S/C23H23F3N4O3S/c1-13-9-27-21(34-13)16-6-15(7-19(8-16)33-12-18-4-3-5-32-18)20(31)30-14(2)17-10-28-22(29-11-17)23(24,25)26/h6-11,14,18H,3-5,12H2,1-2H3,(H,30,31)/t14?,18-/m0/s1. The smallest absolute Gasteiger partial charge is 0.451 e. The molecule has 1 aliphatic rings. The Hall–Kier alpha value is -3.05. The molecular weight excluding hydrogens is 469 g/mol. The lowest BCUT2D eigenvalue weighted by molar-refractivity contribution is -0.145. The number of nitrogens with zero attached hydrogens (tertiary/aromatic N) is 3. The largest absolute Gasteiger partial charge is 0.491 e. The van der Waals surface area contributed by atoms with Crippen LogP contribution in [0.4, 0.5) is 13.2 Å². The molecule has 1 N–H and O–H groups in total. The van der Waals surface area contributed by atoms with Crippen LogP contribution in [0.25, 0.3) is 10.6 Å². The highest BCUT2D eigenvalue weighted by Gasteiger charge is 2.34. The van der Waals surface area contributed by atoms with Crippen molar-refractivity contribution in [1.82, 2.24) is 20.3 Å². The number of benzene rings is 1. The number of alkyl halides is 3. The van der Waals surface area contributed by atoms with E-state index in [4.69, 9.17) is 9.47 Å². The molecule has 3 aromatic rings. The van der Waals surface area contributed by atoms with E-state index in [1.54, 1.807) is 25.3 Å². The molecule has 1 unspecified atom stereocenters. The normalized spacial score (nSPS) is 16.9. The fourth-order valence-electron chi connectivity index (χ4n) is 3.46. The number of carbonyl (C=O) groups excluding carboxylic acids is 1. The first kappa shape index (κ1) is 24.1. The molecule has 4 rings (SSSR count). The number of amides is 1. The van der Waals surface area contributed by atoms with E-state index >= 15 is 0 Å². The second-order valence-corrected chi connectivity index (χ2v) is 9.24. The SMILES string of the molecule is Cc1cnc(-c2cc(OC[C@@H]3CCCO3)cc(C(=O)NC(C)c3cnc(C(F)(F)F)nc3)c2)s1. The predicted octanol–water partition coefficient (Wildman–Crippen LogP) is 4.98. The van der Waals surface area contributed by atoms with E-state index in [0.717, 1.165) is 40.7 Å². The highest BCUT2D eigenvalue weighted by atomic mass is 32.1. The predicted molar refractivity (Wildman–Crippen MR) is 120 cm³/mol. The Morgan fingerprint density at radius 2 is 2.00 bits per heavy atom. The van der Waals surface area contributed by atoms with E-state index in [1.807, 2.05) is 13.0 Å². The summed E-state index contributed by atoms with van der Waals surface area (Å²) in [6.45, 7) is 4.68. The van der Waals surface area contributed by atoms with E-state index in [-0.39, 0.29) is 6.10 Å². The number of ether oxygens (including phenoxy) is 2. The van der Waals surface area contributed by atoms with Crippen molar-refractivity contribution in [2.24, 2.45) is 0 Å². The minimum absolute atomic E-state index is 0.0164. The molecule has 1 aliphatic heterocycles. The Kier molecular flexibility index (Phi) is 7.13. The first-order chi connectivity index (χ1) is 16.2. The van der Waals surface area contributed by atoms with Gasteiger partial charge in [0.1, 0.15) is 17.4 Å². The van der Waals surface area contributed by atoms with Crippen LogP contribution in [0.2, 0.25) is 0 Å². The Morgan fingerprint density at radius 1 is 1.24 bits per heavy atom. The summed E-state index contributed by atoms with van der Waals surface area (Å²) < 4.78 is 49.7. The fourth-order valence-corrected chi connectivity index (χ4v) is 4.21. The van der Waals surface area contributed by atoms with Gasteiger partial charge in [-0.15, -0.1) is 11.3 Å². The number of thiazole rings is 1. The maximum atomic E-state index is 13.0. The van der Waals surface area contributed by atoms with E-state index in [1.165, 1.54) is 11.3 Å². The third-order valence-corrected chi connectivity index (χ3v) is 6.23. The molecule has 3 heterocycles. The van der Waals surface area contributed by atoms with Crippen molar-refractivity contribution in [2.45, 2.75) is 45.0 Å². The van der Waals surface area contributed by atoms with Gasteiger partial charge in [-0.2, -0.15) is 13.2 Å². The maximum absolute atomic E-state index is 13.0. The zero-order chi connectivity index (χ0) is 24.3. The minimum atomic E-state index is -4.63. The lowest BCUT2D eigenvalue weighted by Gasteiger charge is -2.16. The topological polar surface area (TPSA) is 86.2 Å². The maximum Gasteiger partial charge on any atom is 0.451 e. The third-order valence-electron chi connectivity index (χ3n) is 5.27. The van der Waals surface area contributed by atoms with Crippen LogP contribution in [0.1, 0.15) is 52.4 Å². The number of rotatable bonds is 7. The lowest BCUT2D eigenvalue weighted by Crippen LogP contribution is -2.27. The average molecular weight is 493 g/mol. The molecule has 0 saturated carbocycles. The van der Waals surface area contributed by atoms with Crippen LogP contribution in [-0.2, 0) is 10.9 Å². The summed E-state index contributed by atoms with van der Waals surface area (Å²) in [5, 5.41) is 3.53. The van der Waals surface area contributed by atoms with Gasteiger partial charge in [-0.05, 0) is 44.9 Å². The Morgan fingerprint density at radius 3 is 2.62 bits per heavy atom. The summed E-state index contributed by atoms with van der Waals surface area (Å²) in [5.74, 6) is -1.13. The molecule has 11 heteroatoms. The Balaban J connectivity index is 1.53. The van der Waals surface area contributed by atoms with Gasteiger partial charge in [-0.25, -0.2) is 15.0 Å². The molecule has 34 heavy (non-hydrogen) atoms. The summed E-state index contributed by atoms with van der Waals surface area (Å²) in [5.41, 5.74) is 1.42. The van der Waals surface area contributed by atoms with E-state index in [9.17, 15) is 18.0 Å². The summed E-state index contributed by atoms with van der Waals surface area (Å²) in [7, 11) is 0. The van der Waals surface area contributed by atoms with Crippen LogP contribution in [0, 0.1) is 6.92 Å². The Bertz CT molecular complexity index is 1150. The molecule has 1 saturated heterocycles. The number of halogens is 3. The van der Waals surface area contributed by atoms with Gasteiger partial charge >= 0.3 is 6.18 Å². The number of aromatic nitrogens is 3. The Labute approximate surface area is 198 Å². The first-order valence-corrected chi connectivity index (χ1v) is 11.5. The summed E-state index contributed by atoms with van der Waals surface area (Å²) in [6.07, 6.45) is 1.18. The average Bonchev–Trinajstić information content (AvgIpc) is 3.49. The summed E-state index contributed by atoms with van der Waals surface area (Å²) >= 11 is 1.50. The monoisotopic (exact) mass is 492 g/mol. The second-order valence-electron chi connectivity index (χ2n) is 8.00. The molecule has 180 valence electrons. The molecule has 0 radical (unpaired) electrons. The summed E-state index contributed by atoms with van der Waals surface area (Å²) in [4.78, 5) is 25.2. The lowest BCUT2D eigenvalue weighted by atomic mass is 10.1. The van der Waals surface area contributed by atoms with Gasteiger partial charge in [0.05, 0.1) is 12.1 Å². The highest BCUT2D eigenvalue weighted by molar-refractivity contribution is 7.14. The van der Waals surface area contributed by atoms with Crippen LogP contribution in [-0.4, -0.2) is 40.2 Å². The molecule has 7 nitrogen and oxygen atoms in total. The van der Waals surface area contributed by atoms with E-state index in [0.29, 0.717) is 30.1 Å². The van der Waals surface area contributed by atoms with Crippen molar-refractivity contribution in [3.8, 4) is 16.3 Å². The fraction of sp³-hybridized carbons (Fsp3) is 0.391. The highest BCUT2D eigenvalue weighted by Crippen LogP contribution is 2.30. The second kappa shape index (κ2) is 10.1. The van der Waals surface area contributed by atoms with Gasteiger partial charge < -0.3 is 14.8 Å². The van der Waals surface area contributed by atoms with Crippen molar-refractivity contribution in [3.05, 3.63) is 58.6 Å². The number of hydrogen-bond acceptors (Lipinski definition) is 7. The van der Waals surface area contributed by atoms with Gasteiger partial charge in [0.2, 0.25) is 5.82 Å². The quantitative estimate of drug-likeness (QED) is 0.501. The first-order valence-electron chi connectivity index (χ1n) is 10.7. The molecule has 0 bridgehead atoms. The van der Waals surface area contributed by atoms with Crippen LogP contribution in [0.3, 0.4) is 0 Å². The van der Waals surface area contributed by atoms with Gasteiger partial charge in [0.25, 0.3) is 5.91 Å². The van der Waals surface area contributed by atoms with Crippen molar-refractivity contribution in [2.75, 3.05) is 13.2 Å². The van der Waals surface area contributed by atoms with Crippen molar-refractivity contribution in [3.63, 3.8) is 0 Å². The third kappa shape index (κ3) is 5.89. The number of hydrogen-bond donors (Lipinski definition) is 1. The van der Waals surface area contributed by atoms with Crippen molar-refractivity contribution in [1.29, 1.82) is 0 Å². The number of nitrogens with one attached hydrogen (secondary N) is 1. The molecule has 2 atom stereocenters. The summed E-state index contributed by atoms with van der Waals surface area (Å²) in [6, 6.07) is 4.56. The molecule has 0 spiro atoms. The van der Waals surface area contributed by atoms with Crippen molar-refractivity contribution >= 4 is 17.2 Å². The molecule has 0 aliphatic carbocycles. The number of aryl methyl sites for hydroxylation is 1. The van der Waals surface area contributed by atoms with E-state index in [2.05, 4.69) is 20.3 Å². The molecule has 1 amide bonds. The van der Waals surface area contributed by atoms with E-state index < -0.39 is 23.9 Å². The van der Waals surface area contributed by atoms with Gasteiger partial charge in [-0.3, -0.25) is 4.79 Å². The van der Waals surface area contributed by atoms with Crippen LogP contribution in [0.15, 0.2) is 36.8 Å². The van der Waals surface area contributed by atoms with Gasteiger partial charge in [-0.1, -0.05) is 0 Å². The van der Waals surface area contributed by atoms with Crippen molar-refractivity contribution < 1.29 is 27.4 Å². The van der Waals surface area contributed by atoms with Crippen LogP contribution < -0.4 is 10.1 Å². The zero-order valence-corrected chi connectivity index (χ0v) is 19.4. The van der Waals surface area contributed by atoms with Crippen LogP contribution in [0.5, 0.6) is 5.75 Å². The number of carbonyl (C=O) groups is 1. The zero-order valence-electron chi connectivity index (χ0n) is 18.6. The molecule has 1 aromatic carbocycles. The minimum Gasteiger partial charge on any atom is -0.491 e.